The molecule has 0 radical (unpaired) electrons. The fourth-order valence-corrected chi connectivity index (χ4v) is 8.76. The van der Waals surface area contributed by atoms with Gasteiger partial charge in [-0.15, -0.1) is 0 Å². The quantitative estimate of drug-likeness (QED) is 0.172. The molecule has 0 aliphatic carbocycles. The average molecular weight is 666 g/mol. The first-order valence-corrected chi connectivity index (χ1v) is 18.2. The molecule has 2 heterocycles. The second-order valence-electron chi connectivity index (χ2n) is 15.3. The van der Waals surface area contributed by atoms with Crippen molar-refractivity contribution in [2.75, 3.05) is 0 Å². The van der Waals surface area contributed by atoms with Gasteiger partial charge in [-0.2, -0.15) is 0 Å². The second-order valence-corrected chi connectivity index (χ2v) is 15.3. The summed E-state index contributed by atoms with van der Waals surface area (Å²) >= 11 is 0. The molecule has 2 heteroatoms. The second kappa shape index (κ2) is 10.6. The van der Waals surface area contributed by atoms with Crippen LogP contribution in [0.1, 0.15) is 26.3 Å². The number of hydrogen-bond donors (Lipinski definition) is 0. The molecule has 0 N–H and O–H groups in total. The smallest absolute Gasteiger partial charge is 0.143 e. The third-order valence-corrected chi connectivity index (χ3v) is 11.3. The minimum Gasteiger partial charge on any atom is -0.455 e. The standard InChI is InChI=1S/C50H35NO/c1-50(2,3)33-27-31-21-25-38-42(30-19-23-34(24-20-30)51-44-16-7-4-11-35(44)36-12-5-8-17-45(36)51)29-43(39-26-22-32(28-33)47(31)48(38)39)41-15-10-14-40-37-13-6-9-18-46(37)52-49(40)41/h4-29H,1-3H3. The Balaban J connectivity index is 1.20. The van der Waals surface area contributed by atoms with Gasteiger partial charge in [-0.1, -0.05) is 142 Å². The van der Waals surface area contributed by atoms with Gasteiger partial charge in [-0.05, 0) is 96.4 Å². The Morgan fingerprint density at radius 1 is 0.442 bits per heavy atom. The van der Waals surface area contributed by atoms with Gasteiger partial charge in [0.05, 0.1) is 11.0 Å². The van der Waals surface area contributed by atoms with Crippen LogP contribution in [0.15, 0.2) is 162 Å². The van der Waals surface area contributed by atoms with Crippen LogP contribution in [0, 0.1) is 0 Å². The van der Waals surface area contributed by atoms with Crippen molar-refractivity contribution in [1.82, 2.24) is 4.57 Å². The number of benzene rings is 9. The monoisotopic (exact) mass is 665 g/mol. The summed E-state index contributed by atoms with van der Waals surface area (Å²) in [6.07, 6.45) is 0. The van der Waals surface area contributed by atoms with Crippen LogP contribution in [-0.2, 0) is 5.41 Å². The normalized spacial score (nSPS) is 12.5. The number of furan rings is 1. The third-order valence-electron chi connectivity index (χ3n) is 11.3. The van der Waals surface area contributed by atoms with E-state index in [1.54, 1.807) is 0 Å². The first kappa shape index (κ1) is 29.4. The van der Waals surface area contributed by atoms with Crippen LogP contribution in [0.25, 0.3) is 104 Å². The zero-order valence-electron chi connectivity index (χ0n) is 29.4. The summed E-state index contributed by atoms with van der Waals surface area (Å²) in [7, 11) is 0. The van der Waals surface area contributed by atoms with E-state index in [-0.39, 0.29) is 5.41 Å². The Morgan fingerprint density at radius 2 is 1.04 bits per heavy atom. The molecule has 0 saturated heterocycles. The SMILES string of the molecule is CC(C)(C)c1cc2ccc3c(-c4ccc(-n5c6ccccc6c6ccccc65)cc4)cc(-c4cccc5c4oc4ccccc45)c4ccc(c1)c2c34. The molecule has 9 aromatic carbocycles. The highest BCUT2D eigenvalue weighted by atomic mass is 16.3. The zero-order valence-corrected chi connectivity index (χ0v) is 29.4. The summed E-state index contributed by atoms with van der Waals surface area (Å²) in [5.41, 5.74) is 11.6. The van der Waals surface area contributed by atoms with E-state index in [4.69, 9.17) is 4.42 Å². The van der Waals surface area contributed by atoms with E-state index < -0.39 is 0 Å². The molecule has 0 fully saturated rings. The number of nitrogens with zero attached hydrogens (tertiary/aromatic N) is 1. The van der Waals surface area contributed by atoms with Crippen molar-refractivity contribution < 1.29 is 4.42 Å². The van der Waals surface area contributed by atoms with Crippen molar-refractivity contribution in [2.45, 2.75) is 26.2 Å². The Morgan fingerprint density at radius 3 is 1.71 bits per heavy atom. The number of para-hydroxylation sites is 4. The molecule has 0 atom stereocenters. The van der Waals surface area contributed by atoms with E-state index in [9.17, 15) is 0 Å². The fraction of sp³-hybridized carbons (Fsp3) is 0.0800. The van der Waals surface area contributed by atoms with Gasteiger partial charge < -0.3 is 8.98 Å². The van der Waals surface area contributed by atoms with Crippen LogP contribution in [0.3, 0.4) is 0 Å². The van der Waals surface area contributed by atoms with Gasteiger partial charge in [0.15, 0.2) is 0 Å². The van der Waals surface area contributed by atoms with Crippen molar-refractivity contribution >= 4 is 76.1 Å². The molecule has 246 valence electrons. The van der Waals surface area contributed by atoms with Crippen molar-refractivity contribution in [3.63, 3.8) is 0 Å². The van der Waals surface area contributed by atoms with E-state index in [1.807, 2.05) is 6.07 Å². The first-order chi connectivity index (χ1) is 25.4. The van der Waals surface area contributed by atoms with Crippen LogP contribution >= 0.6 is 0 Å². The van der Waals surface area contributed by atoms with Crippen LogP contribution < -0.4 is 0 Å². The van der Waals surface area contributed by atoms with Gasteiger partial charge in [-0.3, -0.25) is 0 Å². The van der Waals surface area contributed by atoms with Crippen molar-refractivity contribution in [3.05, 3.63) is 163 Å². The van der Waals surface area contributed by atoms with Crippen LogP contribution in [0.5, 0.6) is 0 Å². The predicted molar refractivity (Wildman–Crippen MR) is 221 cm³/mol. The molecule has 0 bridgehead atoms. The lowest BCUT2D eigenvalue weighted by molar-refractivity contribution is 0.591. The lowest BCUT2D eigenvalue weighted by atomic mass is 9.81. The minimum absolute atomic E-state index is 0.0514. The van der Waals surface area contributed by atoms with E-state index >= 15 is 0 Å². The molecule has 0 aliphatic rings. The highest BCUT2D eigenvalue weighted by Gasteiger charge is 2.22. The Kier molecular flexibility index (Phi) is 5.97. The van der Waals surface area contributed by atoms with Crippen molar-refractivity contribution in [1.29, 1.82) is 0 Å². The molecule has 52 heavy (non-hydrogen) atoms. The number of hydrogen-bond acceptors (Lipinski definition) is 1. The van der Waals surface area contributed by atoms with Gasteiger partial charge in [0.25, 0.3) is 0 Å². The summed E-state index contributed by atoms with van der Waals surface area (Å²) in [5.74, 6) is 0. The largest absolute Gasteiger partial charge is 0.455 e. The number of aromatic nitrogens is 1. The van der Waals surface area contributed by atoms with Crippen LogP contribution in [0.4, 0.5) is 0 Å². The van der Waals surface area contributed by atoms with Crippen molar-refractivity contribution in [3.8, 4) is 27.9 Å². The summed E-state index contributed by atoms with van der Waals surface area (Å²) in [6.45, 7) is 6.90. The maximum absolute atomic E-state index is 6.65. The summed E-state index contributed by atoms with van der Waals surface area (Å²) in [5, 5.41) is 12.5. The summed E-state index contributed by atoms with van der Waals surface area (Å²) < 4.78 is 9.04. The molecule has 2 nitrogen and oxygen atoms in total. The molecule has 0 spiro atoms. The highest BCUT2D eigenvalue weighted by molar-refractivity contribution is 6.29. The van der Waals surface area contributed by atoms with Gasteiger partial charge in [0, 0.05) is 32.8 Å². The van der Waals surface area contributed by atoms with Gasteiger partial charge in [0.1, 0.15) is 11.2 Å². The lowest BCUT2D eigenvalue weighted by Gasteiger charge is -2.23. The maximum atomic E-state index is 6.65. The molecular formula is C50H35NO. The molecule has 0 saturated carbocycles. The molecule has 2 aromatic heterocycles. The third kappa shape index (κ3) is 4.12. The molecule has 11 aromatic rings. The average Bonchev–Trinajstić information content (AvgIpc) is 3.72. The van der Waals surface area contributed by atoms with Gasteiger partial charge >= 0.3 is 0 Å². The minimum atomic E-state index is 0.0514. The van der Waals surface area contributed by atoms with Gasteiger partial charge in [-0.25, -0.2) is 0 Å². The Labute approximate surface area is 301 Å². The summed E-state index contributed by atoms with van der Waals surface area (Å²) in [4.78, 5) is 0. The fourth-order valence-electron chi connectivity index (χ4n) is 8.76. The summed E-state index contributed by atoms with van der Waals surface area (Å²) in [6, 6.07) is 58.0. The Bertz CT molecular complexity index is 3130. The van der Waals surface area contributed by atoms with E-state index in [0.29, 0.717) is 0 Å². The highest BCUT2D eigenvalue weighted by Crippen LogP contribution is 2.47. The van der Waals surface area contributed by atoms with Crippen LogP contribution in [-0.4, -0.2) is 4.57 Å². The maximum Gasteiger partial charge on any atom is 0.143 e. The Hall–Kier alpha value is -6.38. The lowest BCUT2D eigenvalue weighted by Crippen LogP contribution is -2.10. The topological polar surface area (TPSA) is 18.1 Å². The molecule has 0 amide bonds. The van der Waals surface area contributed by atoms with E-state index in [2.05, 4.69) is 177 Å². The number of fused-ring (bicyclic) bond motifs is 6. The molecular weight excluding hydrogens is 631 g/mol. The number of rotatable bonds is 3. The molecule has 0 aliphatic heterocycles. The van der Waals surface area contributed by atoms with E-state index in [0.717, 1.165) is 33.2 Å². The predicted octanol–water partition coefficient (Wildman–Crippen LogP) is 14.2. The van der Waals surface area contributed by atoms with Crippen molar-refractivity contribution in [2.24, 2.45) is 0 Å². The van der Waals surface area contributed by atoms with Gasteiger partial charge in [0.2, 0.25) is 0 Å². The molecule has 11 rings (SSSR count). The zero-order chi connectivity index (χ0) is 34.7. The first-order valence-electron chi connectivity index (χ1n) is 18.2. The van der Waals surface area contributed by atoms with E-state index in [1.165, 1.54) is 76.4 Å². The molecule has 0 unspecified atom stereocenters. The van der Waals surface area contributed by atoms with Crippen LogP contribution in [0.2, 0.25) is 0 Å².